The van der Waals surface area contributed by atoms with Gasteiger partial charge in [-0.25, -0.2) is 0 Å². The van der Waals surface area contributed by atoms with E-state index in [2.05, 4.69) is 35.4 Å². The minimum Gasteiger partial charge on any atom is -0.493 e. The van der Waals surface area contributed by atoms with E-state index < -0.39 is 0 Å². The van der Waals surface area contributed by atoms with Crippen LogP contribution in [0, 0.1) is 5.92 Å². The van der Waals surface area contributed by atoms with Crippen LogP contribution in [0.2, 0.25) is 0 Å². The maximum atomic E-state index is 5.68. The van der Waals surface area contributed by atoms with Crippen LogP contribution in [0.5, 0.6) is 5.75 Å². The first-order valence-corrected chi connectivity index (χ1v) is 6.87. The van der Waals surface area contributed by atoms with Gasteiger partial charge in [0.25, 0.3) is 0 Å². The SMILES string of the molecule is C[C@@H]1C2N=CNC2C[C@@H]1c1cccc2c1CCO2. The molecule has 3 aliphatic rings. The van der Waals surface area contributed by atoms with E-state index in [1.807, 2.05) is 6.34 Å². The van der Waals surface area contributed by atoms with E-state index in [-0.39, 0.29) is 0 Å². The Kier molecular flexibility index (Phi) is 2.16. The second-order valence-electron chi connectivity index (χ2n) is 5.67. The first kappa shape index (κ1) is 10.4. The lowest BCUT2D eigenvalue weighted by atomic mass is 9.85. The summed E-state index contributed by atoms with van der Waals surface area (Å²) in [7, 11) is 0. The van der Waals surface area contributed by atoms with Gasteiger partial charge in [0.2, 0.25) is 0 Å². The van der Waals surface area contributed by atoms with Crippen LogP contribution < -0.4 is 10.1 Å². The molecule has 2 unspecified atom stereocenters. The Labute approximate surface area is 107 Å². The topological polar surface area (TPSA) is 33.6 Å². The second-order valence-corrected chi connectivity index (χ2v) is 5.67. The van der Waals surface area contributed by atoms with Gasteiger partial charge in [0.1, 0.15) is 5.75 Å². The van der Waals surface area contributed by atoms with E-state index in [9.17, 15) is 0 Å². The molecule has 0 bridgehead atoms. The van der Waals surface area contributed by atoms with Crippen LogP contribution >= 0.6 is 0 Å². The summed E-state index contributed by atoms with van der Waals surface area (Å²) in [5.74, 6) is 2.35. The lowest BCUT2D eigenvalue weighted by Crippen LogP contribution is -2.28. The van der Waals surface area contributed by atoms with Crippen molar-refractivity contribution in [3.8, 4) is 5.75 Å². The number of nitrogens with zero attached hydrogens (tertiary/aromatic N) is 1. The Morgan fingerprint density at radius 3 is 3.22 bits per heavy atom. The van der Waals surface area contributed by atoms with Gasteiger partial charge in [0.05, 0.1) is 25.0 Å². The predicted octanol–water partition coefficient (Wildman–Crippen LogP) is 2.11. The van der Waals surface area contributed by atoms with Crippen molar-refractivity contribution in [1.82, 2.24) is 5.32 Å². The third-order valence-electron chi connectivity index (χ3n) is 4.81. The van der Waals surface area contributed by atoms with Gasteiger partial charge in [-0.2, -0.15) is 0 Å². The molecule has 2 aliphatic heterocycles. The molecule has 3 heteroatoms. The summed E-state index contributed by atoms with van der Waals surface area (Å²) in [6.07, 6.45) is 4.16. The molecule has 0 saturated heterocycles. The number of nitrogens with one attached hydrogen (secondary N) is 1. The van der Waals surface area contributed by atoms with Gasteiger partial charge < -0.3 is 10.1 Å². The number of benzene rings is 1. The first-order chi connectivity index (χ1) is 8.84. The maximum absolute atomic E-state index is 5.68. The van der Waals surface area contributed by atoms with Gasteiger partial charge in [-0.05, 0) is 29.9 Å². The van der Waals surface area contributed by atoms with Crippen LogP contribution in [-0.2, 0) is 6.42 Å². The summed E-state index contributed by atoms with van der Waals surface area (Å²) < 4.78 is 5.68. The van der Waals surface area contributed by atoms with E-state index in [1.54, 1.807) is 0 Å². The van der Waals surface area contributed by atoms with Crippen LogP contribution in [0.3, 0.4) is 0 Å². The standard InChI is InChI=1S/C15H18N2O/c1-9-12(7-13-15(9)17-8-16-13)10-3-2-4-14-11(10)5-6-18-14/h2-4,8-9,12-13,15H,5-7H2,1H3,(H,16,17)/t9-,12-,13?,15?/m0/s1. The Bertz CT molecular complexity index is 511. The zero-order valence-electron chi connectivity index (χ0n) is 10.6. The summed E-state index contributed by atoms with van der Waals surface area (Å²) >= 11 is 0. The lowest BCUT2D eigenvalue weighted by Gasteiger charge is -2.20. The third-order valence-corrected chi connectivity index (χ3v) is 4.81. The molecule has 4 rings (SSSR count). The van der Waals surface area contributed by atoms with E-state index in [0.717, 1.165) is 18.8 Å². The predicted molar refractivity (Wildman–Crippen MR) is 71.4 cm³/mol. The fourth-order valence-electron chi connectivity index (χ4n) is 3.87. The number of hydrogen-bond acceptors (Lipinski definition) is 3. The molecule has 0 amide bonds. The normalized spacial score (nSPS) is 36.1. The molecule has 4 atom stereocenters. The molecular weight excluding hydrogens is 224 g/mol. The molecule has 0 radical (unpaired) electrons. The molecular formula is C15H18N2O. The Morgan fingerprint density at radius 2 is 2.33 bits per heavy atom. The second kappa shape index (κ2) is 3.74. The highest BCUT2D eigenvalue weighted by Crippen LogP contribution is 2.45. The minimum atomic E-state index is 0.466. The first-order valence-electron chi connectivity index (χ1n) is 6.87. The van der Waals surface area contributed by atoms with Crippen molar-refractivity contribution >= 4 is 6.34 Å². The molecule has 1 N–H and O–H groups in total. The largest absolute Gasteiger partial charge is 0.493 e. The molecule has 1 aliphatic carbocycles. The summed E-state index contributed by atoms with van der Waals surface area (Å²) in [5.41, 5.74) is 2.95. The molecule has 1 aromatic rings. The molecule has 18 heavy (non-hydrogen) atoms. The molecule has 1 aromatic carbocycles. The molecule has 3 nitrogen and oxygen atoms in total. The number of aliphatic imine (C=N–C) groups is 1. The molecule has 0 spiro atoms. The number of fused-ring (bicyclic) bond motifs is 2. The van der Waals surface area contributed by atoms with Gasteiger partial charge in [0.15, 0.2) is 0 Å². The Morgan fingerprint density at radius 1 is 1.39 bits per heavy atom. The van der Waals surface area contributed by atoms with Crippen LogP contribution in [0.1, 0.15) is 30.4 Å². The van der Waals surface area contributed by atoms with E-state index >= 15 is 0 Å². The molecule has 0 aromatic heterocycles. The van der Waals surface area contributed by atoms with Crippen molar-refractivity contribution < 1.29 is 4.74 Å². The van der Waals surface area contributed by atoms with E-state index in [0.29, 0.717) is 23.9 Å². The van der Waals surface area contributed by atoms with Gasteiger partial charge in [-0.15, -0.1) is 0 Å². The quantitative estimate of drug-likeness (QED) is 0.818. The van der Waals surface area contributed by atoms with E-state index in [1.165, 1.54) is 17.5 Å². The fraction of sp³-hybridized carbons (Fsp3) is 0.533. The van der Waals surface area contributed by atoms with Gasteiger partial charge >= 0.3 is 0 Å². The van der Waals surface area contributed by atoms with Gasteiger partial charge in [-0.3, -0.25) is 4.99 Å². The molecule has 1 saturated carbocycles. The fourth-order valence-corrected chi connectivity index (χ4v) is 3.87. The average molecular weight is 242 g/mol. The Balaban J connectivity index is 1.72. The smallest absolute Gasteiger partial charge is 0.122 e. The van der Waals surface area contributed by atoms with Crippen LogP contribution in [0.4, 0.5) is 0 Å². The van der Waals surface area contributed by atoms with Crippen molar-refractivity contribution in [1.29, 1.82) is 0 Å². The molecule has 1 fully saturated rings. The van der Waals surface area contributed by atoms with Gasteiger partial charge in [0, 0.05) is 12.0 Å². The highest BCUT2D eigenvalue weighted by molar-refractivity contribution is 5.59. The summed E-state index contributed by atoms with van der Waals surface area (Å²) in [6, 6.07) is 7.54. The molecule has 94 valence electrons. The summed E-state index contributed by atoms with van der Waals surface area (Å²) in [4.78, 5) is 4.58. The van der Waals surface area contributed by atoms with Crippen LogP contribution in [0.25, 0.3) is 0 Å². The highest BCUT2D eigenvalue weighted by Gasteiger charge is 2.43. The van der Waals surface area contributed by atoms with Crippen LogP contribution in [-0.4, -0.2) is 25.0 Å². The van der Waals surface area contributed by atoms with Crippen molar-refractivity contribution in [2.75, 3.05) is 6.61 Å². The highest BCUT2D eigenvalue weighted by atomic mass is 16.5. The number of hydrogen-bond donors (Lipinski definition) is 1. The van der Waals surface area contributed by atoms with Crippen molar-refractivity contribution in [2.24, 2.45) is 10.9 Å². The average Bonchev–Trinajstić information content (AvgIpc) is 3.06. The lowest BCUT2D eigenvalue weighted by molar-refractivity contribution is 0.357. The van der Waals surface area contributed by atoms with Crippen LogP contribution in [0.15, 0.2) is 23.2 Å². The Hall–Kier alpha value is -1.51. The zero-order valence-corrected chi connectivity index (χ0v) is 10.6. The van der Waals surface area contributed by atoms with Crippen molar-refractivity contribution in [2.45, 2.75) is 37.8 Å². The summed E-state index contributed by atoms with van der Waals surface area (Å²) in [6.45, 7) is 3.19. The van der Waals surface area contributed by atoms with Crippen molar-refractivity contribution in [3.63, 3.8) is 0 Å². The third kappa shape index (κ3) is 1.33. The number of rotatable bonds is 1. The summed E-state index contributed by atoms with van der Waals surface area (Å²) in [5, 5.41) is 3.39. The zero-order chi connectivity index (χ0) is 12.1. The minimum absolute atomic E-state index is 0.466. The maximum Gasteiger partial charge on any atom is 0.122 e. The van der Waals surface area contributed by atoms with Crippen molar-refractivity contribution in [3.05, 3.63) is 29.3 Å². The monoisotopic (exact) mass is 242 g/mol. The van der Waals surface area contributed by atoms with Gasteiger partial charge in [-0.1, -0.05) is 19.1 Å². The number of ether oxygens (including phenoxy) is 1. The van der Waals surface area contributed by atoms with E-state index in [4.69, 9.17) is 4.74 Å². The molecule has 2 heterocycles.